The van der Waals surface area contributed by atoms with Gasteiger partial charge < -0.3 is 9.67 Å². The molecule has 3 nitrogen and oxygen atoms in total. The Balaban J connectivity index is 2.49. The molecule has 108 valence electrons. The number of halogens is 1. The predicted molar refractivity (Wildman–Crippen MR) is 76.7 cm³/mol. The summed E-state index contributed by atoms with van der Waals surface area (Å²) in [7, 11) is 0. The topological polar surface area (TPSA) is 38.0 Å². The Bertz CT molecular complexity index is 587. The van der Waals surface area contributed by atoms with Crippen molar-refractivity contribution in [2.45, 2.75) is 39.8 Å². The molecule has 1 aromatic carbocycles. The van der Waals surface area contributed by atoms with Crippen LogP contribution >= 0.6 is 0 Å². The van der Waals surface area contributed by atoms with E-state index in [9.17, 15) is 9.50 Å². The van der Waals surface area contributed by atoms with Crippen molar-refractivity contribution in [2.75, 3.05) is 0 Å². The predicted octanol–water partition coefficient (Wildman–Crippen LogP) is 3.26. The number of nitrogens with zero attached hydrogens (tertiary/aromatic N) is 2. The summed E-state index contributed by atoms with van der Waals surface area (Å²) in [5.74, 6) is -0.296. The van der Waals surface area contributed by atoms with Gasteiger partial charge in [-0.2, -0.15) is 0 Å². The number of aliphatic hydroxyl groups is 1. The van der Waals surface area contributed by atoms with Gasteiger partial charge in [0.05, 0.1) is 12.9 Å². The van der Waals surface area contributed by atoms with Crippen LogP contribution in [-0.2, 0) is 12.1 Å². The molecule has 0 amide bonds. The molecule has 0 saturated heterocycles. The standard InChI is InChI=1S/C16H21FN2O/c1-12-5-6-13(9-14(12)17)16(20,15(2,3)4)10-19-8-7-18-11-19/h5-9,11,20H,10H2,1-4H3. The van der Waals surface area contributed by atoms with E-state index in [1.54, 1.807) is 37.8 Å². The highest BCUT2D eigenvalue weighted by Crippen LogP contribution is 2.41. The molecular weight excluding hydrogens is 255 g/mol. The highest BCUT2D eigenvalue weighted by Gasteiger charge is 2.42. The molecule has 1 aromatic heterocycles. The molecule has 0 radical (unpaired) electrons. The quantitative estimate of drug-likeness (QED) is 0.934. The van der Waals surface area contributed by atoms with Crippen LogP contribution in [0.3, 0.4) is 0 Å². The molecule has 2 aromatic rings. The van der Waals surface area contributed by atoms with Crippen molar-refractivity contribution < 1.29 is 9.50 Å². The van der Waals surface area contributed by atoms with Crippen LogP contribution in [0.5, 0.6) is 0 Å². The fourth-order valence-electron chi connectivity index (χ4n) is 2.26. The van der Waals surface area contributed by atoms with Gasteiger partial charge in [0.25, 0.3) is 0 Å². The van der Waals surface area contributed by atoms with E-state index in [-0.39, 0.29) is 5.82 Å². The molecule has 20 heavy (non-hydrogen) atoms. The van der Waals surface area contributed by atoms with Crippen molar-refractivity contribution in [3.05, 3.63) is 53.9 Å². The minimum Gasteiger partial charge on any atom is -0.383 e. The SMILES string of the molecule is Cc1ccc(C(O)(Cn2ccnc2)C(C)(C)C)cc1F. The average Bonchev–Trinajstić information content (AvgIpc) is 2.83. The summed E-state index contributed by atoms with van der Waals surface area (Å²) in [5.41, 5.74) is -0.462. The second-order valence-corrected chi connectivity index (χ2v) is 6.31. The molecule has 0 fully saturated rings. The first-order valence-corrected chi connectivity index (χ1v) is 6.69. The largest absolute Gasteiger partial charge is 0.383 e. The molecular formula is C16H21FN2O. The summed E-state index contributed by atoms with van der Waals surface area (Å²) in [5, 5.41) is 11.2. The minimum atomic E-state index is -1.18. The van der Waals surface area contributed by atoms with Crippen molar-refractivity contribution in [1.29, 1.82) is 0 Å². The molecule has 0 aliphatic heterocycles. The Morgan fingerprint density at radius 2 is 2.00 bits per heavy atom. The smallest absolute Gasteiger partial charge is 0.126 e. The highest BCUT2D eigenvalue weighted by molar-refractivity contribution is 5.29. The van der Waals surface area contributed by atoms with Gasteiger partial charge in [-0.15, -0.1) is 0 Å². The van der Waals surface area contributed by atoms with Crippen molar-refractivity contribution in [1.82, 2.24) is 9.55 Å². The van der Waals surface area contributed by atoms with E-state index in [4.69, 9.17) is 0 Å². The van der Waals surface area contributed by atoms with Gasteiger partial charge in [0.1, 0.15) is 11.4 Å². The van der Waals surface area contributed by atoms with E-state index in [0.717, 1.165) is 0 Å². The lowest BCUT2D eigenvalue weighted by atomic mass is 9.72. The molecule has 4 heteroatoms. The lowest BCUT2D eigenvalue weighted by Crippen LogP contribution is -2.43. The molecule has 0 spiro atoms. The van der Waals surface area contributed by atoms with Crippen molar-refractivity contribution >= 4 is 0 Å². The zero-order valence-electron chi connectivity index (χ0n) is 12.4. The van der Waals surface area contributed by atoms with Gasteiger partial charge in [0.15, 0.2) is 0 Å². The van der Waals surface area contributed by atoms with Gasteiger partial charge in [0, 0.05) is 12.4 Å². The number of benzene rings is 1. The summed E-state index contributed by atoms with van der Waals surface area (Å²) in [6.07, 6.45) is 5.11. The highest BCUT2D eigenvalue weighted by atomic mass is 19.1. The Labute approximate surface area is 119 Å². The van der Waals surface area contributed by atoms with Crippen LogP contribution in [0.1, 0.15) is 31.9 Å². The average molecular weight is 276 g/mol. The van der Waals surface area contributed by atoms with E-state index in [1.807, 2.05) is 25.3 Å². The molecule has 1 N–H and O–H groups in total. The van der Waals surface area contributed by atoms with E-state index in [2.05, 4.69) is 4.98 Å². The zero-order chi connectivity index (χ0) is 15.0. The molecule has 1 atom stereocenters. The van der Waals surface area contributed by atoms with Gasteiger partial charge >= 0.3 is 0 Å². The molecule has 0 aliphatic rings. The number of aromatic nitrogens is 2. The van der Waals surface area contributed by atoms with E-state index >= 15 is 0 Å². The van der Waals surface area contributed by atoms with Crippen molar-refractivity contribution in [3.63, 3.8) is 0 Å². The number of aryl methyl sites for hydroxylation is 1. The van der Waals surface area contributed by atoms with Crippen LogP contribution in [0, 0.1) is 18.2 Å². The maximum Gasteiger partial charge on any atom is 0.126 e. The van der Waals surface area contributed by atoms with Gasteiger partial charge in [-0.1, -0.05) is 32.9 Å². The fraction of sp³-hybridized carbons (Fsp3) is 0.438. The number of hydrogen-bond donors (Lipinski definition) is 1. The Morgan fingerprint density at radius 1 is 1.30 bits per heavy atom. The molecule has 0 aliphatic carbocycles. The third-order valence-electron chi connectivity index (χ3n) is 3.86. The molecule has 0 bridgehead atoms. The summed E-state index contributed by atoms with van der Waals surface area (Å²) >= 11 is 0. The van der Waals surface area contributed by atoms with Crippen LogP contribution in [0.4, 0.5) is 4.39 Å². The lowest BCUT2D eigenvalue weighted by Gasteiger charge is -2.41. The van der Waals surface area contributed by atoms with Crippen molar-refractivity contribution in [3.8, 4) is 0 Å². The number of hydrogen-bond acceptors (Lipinski definition) is 2. The Kier molecular flexibility index (Phi) is 3.69. The van der Waals surface area contributed by atoms with Crippen LogP contribution in [0.2, 0.25) is 0 Å². The second-order valence-electron chi connectivity index (χ2n) is 6.31. The van der Waals surface area contributed by atoms with Crippen LogP contribution < -0.4 is 0 Å². The molecule has 2 rings (SSSR count). The molecule has 0 saturated carbocycles. The first-order chi connectivity index (χ1) is 9.24. The van der Waals surface area contributed by atoms with Crippen LogP contribution in [0.25, 0.3) is 0 Å². The van der Waals surface area contributed by atoms with Gasteiger partial charge in [0.2, 0.25) is 0 Å². The summed E-state index contributed by atoms with van der Waals surface area (Å²) in [6, 6.07) is 4.92. The molecule has 1 unspecified atom stereocenters. The first kappa shape index (κ1) is 14.7. The molecule has 1 heterocycles. The Hall–Kier alpha value is -1.68. The Morgan fingerprint density at radius 3 is 2.50 bits per heavy atom. The summed E-state index contributed by atoms with van der Waals surface area (Å²) < 4.78 is 15.7. The first-order valence-electron chi connectivity index (χ1n) is 6.69. The van der Waals surface area contributed by atoms with E-state index in [1.165, 1.54) is 6.07 Å². The second kappa shape index (κ2) is 5.02. The minimum absolute atomic E-state index is 0.296. The third kappa shape index (κ3) is 2.61. The monoisotopic (exact) mass is 276 g/mol. The maximum atomic E-state index is 13.8. The van der Waals surface area contributed by atoms with E-state index < -0.39 is 11.0 Å². The van der Waals surface area contributed by atoms with Crippen molar-refractivity contribution in [2.24, 2.45) is 5.41 Å². The van der Waals surface area contributed by atoms with Crippen LogP contribution in [-0.4, -0.2) is 14.7 Å². The van der Waals surface area contributed by atoms with E-state index in [0.29, 0.717) is 17.7 Å². The van der Waals surface area contributed by atoms with Gasteiger partial charge in [-0.3, -0.25) is 0 Å². The van der Waals surface area contributed by atoms with Gasteiger partial charge in [-0.05, 0) is 29.5 Å². The summed E-state index contributed by atoms with van der Waals surface area (Å²) in [6.45, 7) is 7.88. The lowest BCUT2D eigenvalue weighted by molar-refractivity contribution is -0.0783. The van der Waals surface area contributed by atoms with Gasteiger partial charge in [-0.25, -0.2) is 9.37 Å². The van der Waals surface area contributed by atoms with Crippen LogP contribution in [0.15, 0.2) is 36.9 Å². The maximum absolute atomic E-state index is 13.8. The summed E-state index contributed by atoms with van der Waals surface area (Å²) in [4.78, 5) is 3.99. The normalized spacial score (nSPS) is 15.1. The fourth-order valence-corrected chi connectivity index (χ4v) is 2.26. The third-order valence-corrected chi connectivity index (χ3v) is 3.86. The number of rotatable bonds is 3. The number of imidazole rings is 1. The zero-order valence-corrected chi connectivity index (χ0v) is 12.4.